The molecule has 1 rings (SSSR count). The van der Waals surface area contributed by atoms with Crippen LogP contribution >= 0.6 is 0 Å². The average molecular weight is 270 g/mol. The van der Waals surface area contributed by atoms with Crippen LogP contribution in [0.2, 0.25) is 0 Å². The van der Waals surface area contributed by atoms with Crippen molar-refractivity contribution in [3.63, 3.8) is 0 Å². The molecule has 0 bridgehead atoms. The Bertz CT molecular complexity index is 279. The molecule has 1 fully saturated rings. The SMILES string of the molecule is CC(C)CCCN1C[C@H](CN(C)CC(C)C)OC1=O. The molecule has 4 heteroatoms. The molecular formula is C15H30N2O2. The fourth-order valence-electron chi connectivity index (χ4n) is 2.59. The minimum Gasteiger partial charge on any atom is -0.443 e. The van der Waals surface area contributed by atoms with E-state index < -0.39 is 0 Å². The van der Waals surface area contributed by atoms with E-state index in [1.54, 1.807) is 0 Å². The van der Waals surface area contributed by atoms with E-state index >= 15 is 0 Å². The van der Waals surface area contributed by atoms with Gasteiger partial charge in [0.05, 0.1) is 6.54 Å². The van der Waals surface area contributed by atoms with Gasteiger partial charge in [-0.05, 0) is 31.7 Å². The van der Waals surface area contributed by atoms with Crippen molar-refractivity contribution in [2.75, 3.05) is 33.2 Å². The van der Waals surface area contributed by atoms with Gasteiger partial charge >= 0.3 is 6.09 Å². The molecule has 0 aromatic carbocycles. The lowest BCUT2D eigenvalue weighted by molar-refractivity contribution is 0.110. The van der Waals surface area contributed by atoms with Crippen LogP contribution in [0, 0.1) is 11.8 Å². The van der Waals surface area contributed by atoms with Crippen molar-refractivity contribution < 1.29 is 9.53 Å². The molecule has 1 heterocycles. The van der Waals surface area contributed by atoms with Gasteiger partial charge in [-0.3, -0.25) is 0 Å². The van der Waals surface area contributed by atoms with Crippen LogP contribution in [0.3, 0.4) is 0 Å². The summed E-state index contributed by atoms with van der Waals surface area (Å²) in [5.74, 6) is 1.34. The smallest absolute Gasteiger partial charge is 0.410 e. The predicted molar refractivity (Wildman–Crippen MR) is 78.2 cm³/mol. The summed E-state index contributed by atoms with van der Waals surface area (Å²) in [5, 5.41) is 0. The van der Waals surface area contributed by atoms with E-state index in [2.05, 4.69) is 39.6 Å². The second-order valence-electron chi connectivity index (χ2n) is 6.60. The van der Waals surface area contributed by atoms with Crippen LogP contribution in [-0.2, 0) is 4.74 Å². The van der Waals surface area contributed by atoms with Crippen LogP contribution in [-0.4, -0.2) is 55.2 Å². The quantitative estimate of drug-likeness (QED) is 0.680. The second-order valence-corrected chi connectivity index (χ2v) is 6.60. The number of hydrogen-bond acceptors (Lipinski definition) is 3. The van der Waals surface area contributed by atoms with Crippen molar-refractivity contribution in [3.05, 3.63) is 0 Å². The highest BCUT2D eigenvalue weighted by Crippen LogP contribution is 2.14. The van der Waals surface area contributed by atoms with Crippen LogP contribution in [0.1, 0.15) is 40.5 Å². The first-order chi connectivity index (χ1) is 8.88. The highest BCUT2D eigenvalue weighted by Gasteiger charge is 2.31. The molecule has 0 aliphatic carbocycles. The van der Waals surface area contributed by atoms with Gasteiger partial charge < -0.3 is 14.5 Å². The van der Waals surface area contributed by atoms with E-state index in [-0.39, 0.29) is 12.2 Å². The third kappa shape index (κ3) is 6.28. The van der Waals surface area contributed by atoms with E-state index in [1.165, 1.54) is 6.42 Å². The molecule has 112 valence electrons. The summed E-state index contributed by atoms with van der Waals surface area (Å²) in [6.45, 7) is 12.3. The zero-order valence-electron chi connectivity index (χ0n) is 13.2. The number of carbonyl (C=O) groups excluding carboxylic acids is 1. The van der Waals surface area contributed by atoms with E-state index in [1.807, 2.05) is 4.90 Å². The van der Waals surface area contributed by atoms with Gasteiger partial charge in [0.15, 0.2) is 0 Å². The monoisotopic (exact) mass is 270 g/mol. The van der Waals surface area contributed by atoms with Crippen LogP contribution in [0.5, 0.6) is 0 Å². The summed E-state index contributed by atoms with van der Waals surface area (Å²) in [7, 11) is 2.09. The molecule has 0 unspecified atom stereocenters. The Morgan fingerprint density at radius 2 is 2.00 bits per heavy atom. The number of likely N-dealkylation sites (N-methyl/N-ethyl adjacent to an activating group) is 1. The number of amides is 1. The fourth-order valence-corrected chi connectivity index (χ4v) is 2.59. The van der Waals surface area contributed by atoms with Gasteiger partial charge in [-0.25, -0.2) is 4.79 Å². The first-order valence-corrected chi connectivity index (χ1v) is 7.52. The number of rotatable bonds is 8. The van der Waals surface area contributed by atoms with Crippen molar-refractivity contribution in [3.8, 4) is 0 Å². The van der Waals surface area contributed by atoms with Crippen LogP contribution < -0.4 is 0 Å². The highest BCUT2D eigenvalue weighted by molar-refractivity contribution is 5.69. The van der Waals surface area contributed by atoms with Gasteiger partial charge in [0, 0.05) is 19.6 Å². The number of carbonyl (C=O) groups is 1. The molecule has 0 aromatic rings. The van der Waals surface area contributed by atoms with Gasteiger partial charge in [0.25, 0.3) is 0 Å². The van der Waals surface area contributed by atoms with Gasteiger partial charge in [-0.2, -0.15) is 0 Å². The molecule has 0 radical (unpaired) electrons. The second kappa shape index (κ2) is 7.73. The molecule has 1 amide bonds. The maximum Gasteiger partial charge on any atom is 0.410 e. The van der Waals surface area contributed by atoms with Crippen molar-refractivity contribution >= 4 is 6.09 Å². The Morgan fingerprint density at radius 3 is 2.58 bits per heavy atom. The Kier molecular flexibility index (Phi) is 6.63. The van der Waals surface area contributed by atoms with E-state index in [4.69, 9.17) is 4.74 Å². The predicted octanol–water partition coefficient (Wildman–Crippen LogP) is 2.83. The Hall–Kier alpha value is -0.770. The number of nitrogens with zero attached hydrogens (tertiary/aromatic N) is 2. The Labute approximate surface area is 118 Å². The Morgan fingerprint density at radius 1 is 1.32 bits per heavy atom. The van der Waals surface area contributed by atoms with Gasteiger partial charge in [-0.1, -0.05) is 27.7 Å². The van der Waals surface area contributed by atoms with Crippen LogP contribution in [0.4, 0.5) is 4.79 Å². The number of cyclic esters (lactones) is 1. The minimum absolute atomic E-state index is 0.0373. The maximum absolute atomic E-state index is 11.7. The van der Waals surface area contributed by atoms with Crippen molar-refractivity contribution in [2.24, 2.45) is 11.8 Å². The highest BCUT2D eigenvalue weighted by atomic mass is 16.6. The molecule has 0 aromatic heterocycles. The van der Waals surface area contributed by atoms with Gasteiger partial charge in [-0.15, -0.1) is 0 Å². The molecule has 0 spiro atoms. The summed E-state index contributed by atoms with van der Waals surface area (Å²) >= 11 is 0. The van der Waals surface area contributed by atoms with Crippen molar-refractivity contribution in [1.29, 1.82) is 0 Å². The molecule has 4 nitrogen and oxygen atoms in total. The normalized spacial score (nSPS) is 19.9. The lowest BCUT2D eigenvalue weighted by Crippen LogP contribution is -2.34. The molecule has 1 aliphatic heterocycles. The van der Waals surface area contributed by atoms with Crippen LogP contribution in [0.15, 0.2) is 0 Å². The lowest BCUT2D eigenvalue weighted by atomic mass is 10.1. The summed E-state index contributed by atoms with van der Waals surface area (Å²) in [6.07, 6.45) is 2.14. The first-order valence-electron chi connectivity index (χ1n) is 7.52. The summed E-state index contributed by atoms with van der Waals surface area (Å²) < 4.78 is 5.43. The fraction of sp³-hybridized carbons (Fsp3) is 0.933. The minimum atomic E-state index is -0.133. The standard InChI is InChI=1S/C15H30N2O2/c1-12(2)7-6-8-17-11-14(19-15(17)18)10-16(5)9-13(3)4/h12-14H,6-11H2,1-5H3/t14-/m0/s1. The van der Waals surface area contributed by atoms with Crippen molar-refractivity contribution in [2.45, 2.75) is 46.6 Å². The maximum atomic E-state index is 11.7. The molecule has 1 aliphatic rings. The van der Waals surface area contributed by atoms with Crippen LogP contribution in [0.25, 0.3) is 0 Å². The summed E-state index contributed by atoms with van der Waals surface area (Å²) in [4.78, 5) is 15.9. The molecular weight excluding hydrogens is 240 g/mol. The molecule has 19 heavy (non-hydrogen) atoms. The van der Waals surface area contributed by atoms with E-state index in [9.17, 15) is 4.79 Å². The Balaban J connectivity index is 2.27. The number of hydrogen-bond donors (Lipinski definition) is 0. The molecule has 0 N–H and O–H groups in total. The average Bonchev–Trinajstić information content (AvgIpc) is 2.57. The molecule has 1 atom stereocenters. The zero-order valence-corrected chi connectivity index (χ0v) is 13.2. The van der Waals surface area contributed by atoms with Crippen molar-refractivity contribution in [1.82, 2.24) is 9.80 Å². The zero-order chi connectivity index (χ0) is 14.4. The molecule has 0 saturated carbocycles. The third-order valence-corrected chi connectivity index (χ3v) is 3.35. The van der Waals surface area contributed by atoms with Gasteiger partial charge in [0.2, 0.25) is 0 Å². The number of ether oxygens (including phenoxy) is 1. The third-order valence-electron chi connectivity index (χ3n) is 3.35. The van der Waals surface area contributed by atoms with E-state index in [0.29, 0.717) is 11.8 Å². The summed E-state index contributed by atoms with van der Waals surface area (Å²) in [6, 6.07) is 0. The molecule has 1 saturated heterocycles. The van der Waals surface area contributed by atoms with E-state index in [0.717, 1.165) is 32.6 Å². The lowest BCUT2D eigenvalue weighted by Gasteiger charge is -2.21. The topological polar surface area (TPSA) is 32.8 Å². The largest absolute Gasteiger partial charge is 0.443 e. The van der Waals surface area contributed by atoms with Gasteiger partial charge in [0.1, 0.15) is 6.10 Å². The first kappa shape index (κ1) is 16.3. The summed E-state index contributed by atoms with van der Waals surface area (Å²) in [5.41, 5.74) is 0.